The van der Waals surface area contributed by atoms with E-state index in [9.17, 15) is 4.79 Å². The molecule has 1 saturated carbocycles. The Morgan fingerprint density at radius 1 is 0.975 bits per heavy atom. The predicted octanol–water partition coefficient (Wildman–Crippen LogP) is 6.62. The van der Waals surface area contributed by atoms with E-state index in [1.807, 2.05) is 12.1 Å². The molecule has 1 amide bonds. The third-order valence-corrected chi connectivity index (χ3v) is 9.22. The van der Waals surface area contributed by atoms with E-state index in [2.05, 4.69) is 89.9 Å². The number of likely N-dealkylation sites (tertiary alicyclic amines) is 1. The molecular weight excluding hydrogens is 518 g/mol. The number of halogens is 1. The van der Waals surface area contributed by atoms with E-state index in [0.717, 1.165) is 45.3 Å². The lowest BCUT2D eigenvalue weighted by atomic mass is 9.90. The van der Waals surface area contributed by atoms with Gasteiger partial charge in [0.05, 0.1) is 5.02 Å². The van der Waals surface area contributed by atoms with Gasteiger partial charge in [0.1, 0.15) is 11.9 Å². The molecule has 2 aliphatic rings. The molecule has 40 heavy (non-hydrogen) atoms. The van der Waals surface area contributed by atoms with Crippen molar-refractivity contribution >= 4 is 17.5 Å². The highest BCUT2D eigenvalue weighted by Crippen LogP contribution is 2.34. The molecule has 0 spiro atoms. The lowest BCUT2D eigenvalue weighted by Crippen LogP contribution is -2.50. The summed E-state index contributed by atoms with van der Waals surface area (Å²) in [6, 6.07) is 27.0. The van der Waals surface area contributed by atoms with Crippen molar-refractivity contribution in [3.63, 3.8) is 0 Å². The van der Waals surface area contributed by atoms with Crippen LogP contribution in [0.5, 0.6) is 5.75 Å². The smallest absolute Gasteiger partial charge is 0.251 e. The molecule has 1 saturated heterocycles. The molecule has 2 fully saturated rings. The summed E-state index contributed by atoms with van der Waals surface area (Å²) in [6.45, 7) is 3.60. The first-order chi connectivity index (χ1) is 19.4. The largest absolute Gasteiger partial charge is 0.489 e. The lowest BCUT2D eigenvalue weighted by Gasteiger charge is -2.36. The number of likely N-dealkylation sites (N-methyl/N-ethyl adjacent to an activating group) is 1. The van der Waals surface area contributed by atoms with E-state index < -0.39 is 0 Å². The van der Waals surface area contributed by atoms with Crippen LogP contribution in [0, 0.1) is 0 Å². The topological polar surface area (TPSA) is 44.8 Å². The first-order valence-corrected chi connectivity index (χ1v) is 15.1. The van der Waals surface area contributed by atoms with Crippen LogP contribution in [0.3, 0.4) is 0 Å². The van der Waals surface area contributed by atoms with Crippen molar-refractivity contribution in [3.8, 4) is 5.75 Å². The van der Waals surface area contributed by atoms with Crippen LogP contribution in [-0.4, -0.2) is 67.6 Å². The number of piperidine rings is 1. The number of rotatable bonds is 10. The van der Waals surface area contributed by atoms with Crippen LogP contribution in [0.25, 0.3) is 0 Å². The molecule has 6 heteroatoms. The summed E-state index contributed by atoms with van der Waals surface area (Å²) in [6.07, 6.45) is 6.67. The number of carbonyl (C=O) groups excluding carboxylic acids is 1. The van der Waals surface area contributed by atoms with Crippen LogP contribution < -0.4 is 10.1 Å². The highest BCUT2D eigenvalue weighted by atomic mass is 35.5. The molecular formula is C34H42ClN3O2. The lowest BCUT2D eigenvalue weighted by molar-refractivity contribution is 0.0899. The van der Waals surface area contributed by atoms with E-state index in [1.165, 1.54) is 24.0 Å². The van der Waals surface area contributed by atoms with E-state index >= 15 is 0 Å². The van der Waals surface area contributed by atoms with Gasteiger partial charge >= 0.3 is 0 Å². The van der Waals surface area contributed by atoms with Crippen LogP contribution in [0.4, 0.5) is 0 Å². The number of nitrogens with one attached hydrogen (secondary N) is 1. The van der Waals surface area contributed by atoms with Crippen LogP contribution in [0.15, 0.2) is 78.9 Å². The second-order valence-electron chi connectivity index (χ2n) is 11.6. The summed E-state index contributed by atoms with van der Waals surface area (Å²) in [4.78, 5) is 17.7. The Morgan fingerprint density at radius 3 is 2.12 bits per heavy atom. The molecule has 0 aromatic heterocycles. The van der Waals surface area contributed by atoms with Gasteiger partial charge < -0.3 is 19.9 Å². The molecule has 212 valence electrons. The van der Waals surface area contributed by atoms with Gasteiger partial charge in [-0.25, -0.2) is 0 Å². The van der Waals surface area contributed by atoms with Crippen LogP contribution in [0.2, 0.25) is 5.02 Å². The first kappa shape index (κ1) is 28.7. The van der Waals surface area contributed by atoms with Crippen molar-refractivity contribution in [3.05, 3.63) is 101 Å². The zero-order valence-electron chi connectivity index (χ0n) is 23.8. The number of ether oxygens (including phenoxy) is 1. The van der Waals surface area contributed by atoms with E-state index in [1.54, 1.807) is 6.07 Å². The fourth-order valence-corrected chi connectivity index (χ4v) is 6.55. The van der Waals surface area contributed by atoms with Gasteiger partial charge in [0.2, 0.25) is 0 Å². The average Bonchev–Trinajstić information content (AvgIpc) is 3.48. The summed E-state index contributed by atoms with van der Waals surface area (Å²) in [5.41, 5.74) is 3.33. The molecule has 5 rings (SSSR count). The number of hydrogen-bond donors (Lipinski definition) is 1. The summed E-state index contributed by atoms with van der Waals surface area (Å²) in [5.74, 6) is 0.916. The van der Waals surface area contributed by atoms with Gasteiger partial charge in [-0.2, -0.15) is 0 Å². The van der Waals surface area contributed by atoms with Gasteiger partial charge in [-0.05, 0) is 69.1 Å². The van der Waals surface area contributed by atoms with Gasteiger partial charge in [0, 0.05) is 43.2 Å². The molecule has 1 N–H and O–H groups in total. The number of benzene rings is 3. The maximum atomic E-state index is 12.9. The standard InChI is InChI=1S/C34H42ClN3O2/c1-37(2)34(19-9-10-20-34)25-36-33(39)28-15-16-32(31(35)23-28)40-29-17-21-38(22-18-29)24-30(26-11-5-3-6-12-26)27-13-7-4-8-14-27/h3-8,11-16,23,29-30H,9-10,17-22,24-25H2,1-2H3,(H,36,39). The molecule has 0 radical (unpaired) electrons. The number of nitrogens with zero attached hydrogens (tertiary/aromatic N) is 2. The zero-order valence-corrected chi connectivity index (χ0v) is 24.6. The number of carbonyl (C=O) groups is 1. The minimum atomic E-state index is -0.0822. The molecule has 5 nitrogen and oxygen atoms in total. The van der Waals surface area contributed by atoms with Gasteiger partial charge in [0.25, 0.3) is 5.91 Å². The van der Waals surface area contributed by atoms with Gasteiger partial charge in [-0.15, -0.1) is 0 Å². The Balaban J connectivity index is 1.14. The SMILES string of the molecule is CN(C)C1(CNC(=O)c2ccc(OC3CCN(CC(c4ccccc4)c4ccccc4)CC3)c(Cl)c2)CCCC1. The van der Waals surface area contributed by atoms with Gasteiger partial charge in [0.15, 0.2) is 0 Å². The third-order valence-electron chi connectivity index (χ3n) is 8.93. The first-order valence-electron chi connectivity index (χ1n) is 14.7. The minimum absolute atomic E-state index is 0.0551. The number of hydrogen-bond acceptors (Lipinski definition) is 4. The minimum Gasteiger partial charge on any atom is -0.489 e. The van der Waals surface area contributed by atoms with Crippen LogP contribution >= 0.6 is 11.6 Å². The van der Waals surface area contributed by atoms with Crippen molar-refractivity contribution in [1.82, 2.24) is 15.1 Å². The van der Waals surface area contributed by atoms with E-state index in [4.69, 9.17) is 16.3 Å². The Hall–Kier alpha value is -2.86. The summed E-state index contributed by atoms with van der Waals surface area (Å²) < 4.78 is 6.34. The van der Waals surface area contributed by atoms with Crippen LogP contribution in [0.1, 0.15) is 65.9 Å². The average molecular weight is 560 g/mol. The second-order valence-corrected chi connectivity index (χ2v) is 12.1. The van der Waals surface area contributed by atoms with Crippen LogP contribution in [-0.2, 0) is 0 Å². The molecule has 0 unspecified atom stereocenters. The van der Waals surface area contributed by atoms with E-state index in [0.29, 0.717) is 28.8 Å². The van der Waals surface area contributed by atoms with Crippen molar-refractivity contribution in [2.75, 3.05) is 40.3 Å². The zero-order chi connectivity index (χ0) is 28.0. The van der Waals surface area contributed by atoms with Gasteiger partial charge in [-0.3, -0.25) is 4.79 Å². The normalized spacial score (nSPS) is 17.8. The summed E-state index contributed by atoms with van der Waals surface area (Å²) in [7, 11) is 4.21. The predicted molar refractivity (Wildman–Crippen MR) is 163 cm³/mol. The Morgan fingerprint density at radius 2 is 1.57 bits per heavy atom. The second kappa shape index (κ2) is 13.2. The molecule has 3 aromatic carbocycles. The monoisotopic (exact) mass is 559 g/mol. The van der Waals surface area contributed by atoms with Crippen molar-refractivity contribution < 1.29 is 9.53 Å². The molecule has 1 aliphatic carbocycles. The van der Waals surface area contributed by atoms with Crippen molar-refractivity contribution in [2.45, 2.75) is 56.1 Å². The Labute approximate surface area is 244 Å². The fourth-order valence-electron chi connectivity index (χ4n) is 6.32. The van der Waals surface area contributed by atoms with Crippen molar-refractivity contribution in [2.24, 2.45) is 0 Å². The third kappa shape index (κ3) is 6.88. The van der Waals surface area contributed by atoms with Gasteiger partial charge in [-0.1, -0.05) is 85.1 Å². The molecule has 1 aliphatic heterocycles. The summed E-state index contributed by atoms with van der Waals surface area (Å²) >= 11 is 6.61. The number of amides is 1. The highest BCUT2D eigenvalue weighted by Gasteiger charge is 2.36. The molecule has 0 atom stereocenters. The molecule has 1 heterocycles. The molecule has 0 bridgehead atoms. The summed E-state index contributed by atoms with van der Waals surface area (Å²) in [5, 5.41) is 3.64. The van der Waals surface area contributed by atoms with Crippen molar-refractivity contribution in [1.29, 1.82) is 0 Å². The molecule has 3 aromatic rings. The Bertz CT molecular complexity index is 1200. The maximum absolute atomic E-state index is 12.9. The Kier molecular flexibility index (Phi) is 9.46. The fraction of sp³-hybridized carbons (Fsp3) is 0.441. The van der Waals surface area contributed by atoms with E-state index in [-0.39, 0.29) is 17.6 Å². The quantitative estimate of drug-likeness (QED) is 0.303. The highest BCUT2D eigenvalue weighted by molar-refractivity contribution is 6.32. The maximum Gasteiger partial charge on any atom is 0.251 e.